The third-order valence-electron chi connectivity index (χ3n) is 8.75. The van der Waals surface area contributed by atoms with E-state index in [1.165, 1.54) is 0 Å². The maximum absolute atomic E-state index is 13.4. The number of H-pyrrole nitrogens is 1. The molecule has 0 amide bonds. The number of carbonyl (C=O) groups excluding carboxylic acids is 2. The van der Waals surface area contributed by atoms with E-state index in [-0.39, 0.29) is 11.9 Å². The Morgan fingerprint density at radius 2 is 1.37 bits per heavy atom. The Hall–Kier alpha value is -3.41. The zero-order valence-electron chi connectivity index (χ0n) is 27.7. The quantitative estimate of drug-likeness (QED) is 0.198. The van der Waals surface area contributed by atoms with E-state index < -0.39 is 0 Å². The highest BCUT2D eigenvalue weighted by atomic mass is 16.5. The molecule has 1 N–H and O–H groups in total. The first kappa shape index (κ1) is 34.1. The molecule has 0 fully saturated rings. The number of carbonyl (C=O) groups is 2. The molecule has 1 aromatic carbocycles. The first-order chi connectivity index (χ1) is 20.7. The number of rotatable bonds is 16. The van der Waals surface area contributed by atoms with Gasteiger partial charge in [-0.25, -0.2) is 9.59 Å². The fourth-order valence-corrected chi connectivity index (χ4v) is 5.88. The van der Waals surface area contributed by atoms with Crippen molar-refractivity contribution in [3.63, 3.8) is 0 Å². The highest BCUT2D eigenvalue weighted by Gasteiger charge is 2.31. The minimum Gasteiger partial charge on any atom is -0.462 e. The van der Waals surface area contributed by atoms with Gasteiger partial charge in [-0.05, 0) is 69.1 Å². The molecule has 2 unspecified atom stereocenters. The van der Waals surface area contributed by atoms with Crippen LogP contribution in [0.3, 0.4) is 0 Å². The van der Waals surface area contributed by atoms with Gasteiger partial charge in [-0.3, -0.25) is 4.99 Å². The molecule has 6 nitrogen and oxygen atoms in total. The molecule has 0 saturated heterocycles. The van der Waals surface area contributed by atoms with Crippen LogP contribution >= 0.6 is 0 Å². The van der Waals surface area contributed by atoms with Crippen LogP contribution in [0.15, 0.2) is 52.2 Å². The van der Waals surface area contributed by atoms with Crippen LogP contribution in [0.4, 0.5) is 0 Å². The first-order valence-corrected chi connectivity index (χ1v) is 16.3. The number of nitrogens with one attached hydrogen (secondary N) is 1. The number of unbranched alkanes of at least 4 members (excludes halogenated alkanes) is 2. The summed E-state index contributed by atoms with van der Waals surface area (Å²) in [6.07, 6.45) is 8.62. The van der Waals surface area contributed by atoms with Crippen LogP contribution in [-0.2, 0) is 14.3 Å². The molecule has 2 aromatic rings. The normalized spacial score (nSPS) is 15.8. The Labute approximate surface area is 259 Å². The standard InChI is InChI=1S/C37H52N2O4/c1-9-13-18-28(11-3)22-42-36(40)31-24(5)34(38-26(31)7)33(30-20-16-15-17-21-30)35-25(6)32(27(8)39-35)37(41)43-23-29(12-4)19-14-10-2/h15-17,20-21,28-29,38H,9-14,18-19,22-23H2,1-8H3/b35-33-. The van der Waals surface area contributed by atoms with Gasteiger partial charge < -0.3 is 14.5 Å². The molecule has 43 heavy (non-hydrogen) atoms. The Morgan fingerprint density at radius 1 is 0.814 bits per heavy atom. The van der Waals surface area contributed by atoms with Gasteiger partial charge in [-0.15, -0.1) is 0 Å². The van der Waals surface area contributed by atoms with Crippen LogP contribution in [0, 0.1) is 25.7 Å². The molecule has 1 aliphatic rings. The third-order valence-corrected chi connectivity index (χ3v) is 8.75. The summed E-state index contributed by atoms with van der Waals surface area (Å²) in [7, 11) is 0. The lowest BCUT2D eigenvalue weighted by Crippen LogP contribution is -2.18. The second-order valence-electron chi connectivity index (χ2n) is 11.9. The van der Waals surface area contributed by atoms with E-state index in [9.17, 15) is 9.59 Å². The SMILES string of the molecule is CCCCC(CC)COC(=O)C1=C(C)/C(=C(\c2ccccc2)c2[nH]c(C)c(C(=O)OCC(CC)CCCC)c2C)N=C1C. The van der Waals surface area contributed by atoms with Crippen LogP contribution in [0.2, 0.25) is 0 Å². The highest BCUT2D eigenvalue weighted by molar-refractivity contribution is 6.22. The molecule has 0 spiro atoms. The zero-order valence-corrected chi connectivity index (χ0v) is 27.7. The lowest BCUT2D eigenvalue weighted by Gasteiger charge is -2.15. The zero-order chi connectivity index (χ0) is 31.5. The van der Waals surface area contributed by atoms with E-state index in [1.54, 1.807) is 0 Å². The predicted octanol–water partition coefficient (Wildman–Crippen LogP) is 9.31. The molecule has 1 aromatic heterocycles. The second-order valence-corrected chi connectivity index (χ2v) is 11.9. The third kappa shape index (κ3) is 8.36. The number of aromatic nitrogens is 1. The summed E-state index contributed by atoms with van der Waals surface area (Å²) in [6, 6.07) is 10.0. The number of hydrogen-bond donors (Lipinski definition) is 1. The molecule has 0 aliphatic carbocycles. The van der Waals surface area contributed by atoms with E-state index in [0.29, 0.717) is 47.6 Å². The topological polar surface area (TPSA) is 80.8 Å². The molecule has 0 radical (unpaired) electrons. The van der Waals surface area contributed by atoms with Crippen molar-refractivity contribution in [1.82, 2.24) is 4.98 Å². The molecule has 2 heterocycles. The maximum Gasteiger partial charge on any atom is 0.340 e. The average Bonchev–Trinajstić information content (AvgIpc) is 3.46. The van der Waals surface area contributed by atoms with E-state index in [0.717, 1.165) is 85.0 Å². The van der Waals surface area contributed by atoms with Gasteiger partial charge in [-0.1, -0.05) is 96.6 Å². The van der Waals surface area contributed by atoms with Crippen molar-refractivity contribution in [2.24, 2.45) is 16.8 Å². The number of esters is 2. The molecule has 0 bridgehead atoms. The van der Waals surface area contributed by atoms with Crippen molar-refractivity contribution in [3.8, 4) is 0 Å². The number of aliphatic imine (C=N–C) groups is 1. The molecule has 0 saturated carbocycles. The van der Waals surface area contributed by atoms with Crippen molar-refractivity contribution < 1.29 is 19.1 Å². The molecular formula is C37H52N2O4. The minimum absolute atomic E-state index is 0.305. The summed E-state index contributed by atoms with van der Waals surface area (Å²) >= 11 is 0. The monoisotopic (exact) mass is 588 g/mol. The van der Waals surface area contributed by atoms with E-state index in [1.807, 2.05) is 58.0 Å². The molecule has 1 aliphatic heterocycles. The van der Waals surface area contributed by atoms with Gasteiger partial charge in [0.15, 0.2) is 0 Å². The Morgan fingerprint density at radius 3 is 1.91 bits per heavy atom. The van der Waals surface area contributed by atoms with Gasteiger partial charge in [-0.2, -0.15) is 0 Å². The van der Waals surface area contributed by atoms with Gasteiger partial charge in [0, 0.05) is 11.3 Å². The smallest absolute Gasteiger partial charge is 0.340 e. The fraction of sp³-hybridized carbons (Fsp3) is 0.541. The summed E-state index contributed by atoms with van der Waals surface area (Å²) in [6.45, 7) is 17.2. The van der Waals surface area contributed by atoms with Gasteiger partial charge in [0.1, 0.15) is 0 Å². The first-order valence-electron chi connectivity index (χ1n) is 16.3. The highest BCUT2D eigenvalue weighted by Crippen LogP contribution is 2.38. The lowest BCUT2D eigenvalue weighted by atomic mass is 9.94. The van der Waals surface area contributed by atoms with Gasteiger partial charge in [0.2, 0.25) is 0 Å². The van der Waals surface area contributed by atoms with Crippen molar-refractivity contribution in [1.29, 1.82) is 0 Å². The molecule has 6 heteroatoms. The van der Waals surface area contributed by atoms with Crippen molar-refractivity contribution in [2.75, 3.05) is 13.2 Å². The maximum atomic E-state index is 13.4. The Bertz CT molecular complexity index is 1350. The van der Waals surface area contributed by atoms with Crippen LogP contribution < -0.4 is 0 Å². The van der Waals surface area contributed by atoms with Gasteiger partial charge in [0.05, 0.1) is 41.5 Å². The number of hydrogen-bond acceptors (Lipinski definition) is 5. The molecule has 2 atom stereocenters. The summed E-state index contributed by atoms with van der Waals surface area (Å²) in [5.41, 5.74) is 7.39. The number of benzene rings is 1. The van der Waals surface area contributed by atoms with Crippen LogP contribution in [0.1, 0.15) is 126 Å². The van der Waals surface area contributed by atoms with Crippen molar-refractivity contribution in [3.05, 3.63) is 75.3 Å². The van der Waals surface area contributed by atoms with Crippen LogP contribution in [0.5, 0.6) is 0 Å². The van der Waals surface area contributed by atoms with Crippen molar-refractivity contribution in [2.45, 2.75) is 107 Å². The van der Waals surface area contributed by atoms with Crippen LogP contribution in [-0.4, -0.2) is 35.8 Å². The number of aryl methyl sites for hydroxylation is 1. The number of aromatic amines is 1. The molecular weight excluding hydrogens is 536 g/mol. The number of nitrogens with zero attached hydrogens (tertiary/aromatic N) is 1. The van der Waals surface area contributed by atoms with Gasteiger partial charge >= 0.3 is 11.9 Å². The second kappa shape index (κ2) is 16.4. The Balaban J connectivity index is 2.01. The summed E-state index contributed by atoms with van der Waals surface area (Å²) in [5, 5.41) is 0. The van der Waals surface area contributed by atoms with Crippen LogP contribution in [0.25, 0.3) is 5.57 Å². The largest absolute Gasteiger partial charge is 0.462 e. The van der Waals surface area contributed by atoms with E-state index >= 15 is 0 Å². The minimum atomic E-state index is -0.326. The molecule has 234 valence electrons. The fourth-order valence-electron chi connectivity index (χ4n) is 5.88. The predicted molar refractivity (Wildman–Crippen MR) is 176 cm³/mol. The molecule has 3 rings (SSSR count). The summed E-state index contributed by atoms with van der Waals surface area (Å²) in [4.78, 5) is 35.2. The summed E-state index contributed by atoms with van der Waals surface area (Å²) < 4.78 is 11.7. The van der Waals surface area contributed by atoms with E-state index in [4.69, 9.17) is 14.5 Å². The Kier molecular flexibility index (Phi) is 13.0. The summed E-state index contributed by atoms with van der Waals surface area (Å²) in [5.74, 6) is 0.0978. The van der Waals surface area contributed by atoms with Gasteiger partial charge in [0.25, 0.3) is 0 Å². The lowest BCUT2D eigenvalue weighted by molar-refractivity contribution is -0.139. The number of ether oxygens (including phenoxy) is 2. The van der Waals surface area contributed by atoms with Crippen molar-refractivity contribution >= 4 is 23.2 Å². The average molecular weight is 589 g/mol. The number of allylic oxidation sites excluding steroid dienone is 1. The van der Waals surface area contributed by atoms with E-state index in [2.05, 4.69) is 32.7 Å².